The molecule has 0 atom stereocenters. The number of benzene rings is 2. The van der Waals surface area contributed by atoms with Gasteiger partial charge in [-0.05, 0) is 44.0 Å². The predicted molar refractivity (Wildman–Crippen MR) is 105 cm³/mol. The van der Waals surface area contributed by atoms with Gasteiger partial charge in [0.2, 0.25) is 10.0 Å². The van der Waals surface area contributed by atoms with Crippen LogP contribution in [0.5, 0.6) is 0 Å². The molecule has 2 N–H and O–H groups in total. The summed E-state index contributed by atoms with van der Waals surface area (Å²) in [7, 11) is -3.72. The van der Waals surface area contributed by atoms with Crippen LogP contribution < -0.4 is 10.0 Å². The van der Waals surface area contributed by atoms with Gasteiger partial charge in [-0.2, -0.15) is 0 Å². The molecule has 2 rings (SSSR count). The third-order valence-corrected chi connectivity index (χ3v) is 5.34. The maximum atomic E-state index is 12.2. The quantitative estimate of drug-likeness (QED) is 0.622. The van der Waals surface area contributed by atoms with Gasteiger partial charge in [0.1, 0.15) is 0 Å². The number of carbonyl (C=O) groups excluding carboxylic acids is 2. The lowest BCUT2D eigenvalue weighted by Gasteiger charge is -2.11. The van der Waals surface area contributed by atoms with Crippen molar-refractivity contribution >= 4 is 21.9 Å². The maximum absolute atomic E-state index is 12.2. The van der Waals surface area contributed by atoms with Gasteiger partial charge in [-0.25, -0.2) is 17.9 Å². The van der Waals surface area contributed by atoms with E-state index in [1.54, 1.807) is 13.8 Å². The van der Waals surface area contributed by atoms with Crippen LogP contribution in [0.25, 0.3) is 0 Å². The largest absolute Gasteiger partial charge is 0.452 e. The molecular weight excluding hydrogens is 380 g/mol. The molecule has 0 fully saturated rings. The third kappa shape index (κ3) is 6.79. The molecular formula is C20H24N2O5S. The van der Waals surface area contributed by atoms with Gasteiger partial charge in [-0.1, -0.05) is 36.4 Å². The van der Waals surface area contributed by atoms with Crippen molar-refractivity contribution in [2.45, 2.75) is 31.2 Å². The van der Waals surface area contributed by atoms with Crippen molar-refractivity contribution < 1.29 is 22.7 Å². The van der Waals surface area contributed by atoms with Crippen LogP contribution in [0, 0.1) is 0 Å². The van der Waals surface area contributed by atoms with Crippen LogP contribution in [-0.2, 0) is 26.0 Å². The minimum atomic E-state index is -3.72. The first-order valence-corrected chi connectivity index (χ1v) is 10.4. The average Bonchev–Trinajstić information content (AvgIpc) is 2.66. The molecule has 1 amide bonds. The Morgan fingerprint density at radius 2 is 1.75 bits per heavy atom. The Hall–Kier alpha value is -2.71. The van der Waals surface area contributed by atoms with Crippen LogP contribution in [0.4, 0.5) is 0 Å². The molecule has 2 aromatic rings. The zero-order chi connectivity index (χ0) is 20.6. The highest BCUT2D eigenvalue weighted by Crippen LogP contribution is 2.13. The van der Waals surface area contributed by atoms with Gasteiger partial charge in [-0.3, -0.25) is 4.79 Å². The van der Waals surface area contributed by atoms with Crippen LogP contribution in [0.2, 0.25) is 0 Å². The molecule has 0 saturated heterocycles. The van der Waals surface area contributed by atoms with Crippen LogP contribution in [0.1, 0.15) is 29.8 Å². The number of hydrogen-bond donors (Lipinski definition) is 2. The van der Waals surface area contributed by atoms with Gasteiger partial charge >= 0.3 is 5.97 Å². The molecule has 0 heterocycles. The number of ether oxygens (including phenoxy) is 1. The van der Waals surface area contributed by atoms with Crippen LogP contribution in [0.3, 0.4) is 0 Å². The van der Waals surface area contributed by atoms with E-state index in [0.29, 0.717) is 13.0 Å². The Labute approximate surface area is 165 Å². The topological polar surface area (TPSA) is 102 Å². The first-order valence-electron chi connectivity index (χ1n) is 8.88. The van der Waals surface area contributed by atoms with Crippen molar-refractivity contribution in [3.05, 3.63) is 65.7 Å². The van der Waals surface area contributed by atoms with E-state index in [-0.39, 0.29) is 16.5 Å². The van der Waals surface area contributed by atoms with E-state index in [9.17, 15) is 18.0 Å². The fourth-order valence-electron chi connectivity index (χ4n) is 2.42. The zero-order valence-electron chi connectivity index (χ0n) is 15.8. The van der Waals surface area contributed by atoms with Crippen molar-refractivity contribution in [1.29, 1.82) is 0 Å². The van der Waals surface area contributed by atoms with Gasteiger partial charge < -0.3 is 10.1 Å². The summed E-state index contributed by atoms with van der Waals surface area (Å²) in [5.74, 6) is -1.19. The molecule has 0 unspecified atom stereocenters. The molecule has 0 aliphatic carbocycles. The van der Waals surface area contributed by atoms with Crippen molar-refractivity contribution in [3.8, 4) is 0 Å². The number of esters is 1. The Morgan fingerprint density at radius 1 is 1.04 bits per heavy atom. The predicted octanol–water partition coefficient (Wildman–Crippen LogP) is 1.89. The molecule has 0 bridgehead atoms. The Bertz CT molecular complexity index is 911. The second-order valence-corrected chi connectivity index (χ2v) is 8.18. The van der Waals surface area contributed by atoms with E-state index in [1.807, 2.05) is 30.3 Å². The lowest BCUT2D eigenvalue weighted by atomic mass is 10.1. The summed E-state index contributed by atoms with van der Waals surface area (Å²) in [6, 6.07) is 14.9. The Balaban J connectivity index is 1.85. The van der Waals surface area contributed by atoms with E-state index in [2.05, 4.69) is 10.0 Å². The highest BCUT2D eigenvalue weighted by molar-refractivity contribution is 7.89. The van der Waals surface area contributed by atoms with Crippen molar-refractivity contribution in [1.82, 2.24) is 10.0 Å². The second kappa shape index (κ2) is 10.0. The van der Waals surface area contributed by atoms with E-state index < -0.39 is 28.5 Å². The fourth-order valence-corrected chi connectivity index (χ4v) is 3.72. The van der Waals surface area contributed by atoms with Crippen LogP contribution in [-0.4, -0.2) is 39.5 Å². The van der Waals surface area contributed by atoms with E-state index in [1.165, 1.54) is 24.3 Å². The van der Waals surface area contributed by atoms with Gasteiger partial charge in [0.15, 0.2) is 6.61 Å². The lowest BCUT2D eigenvalue weighted by molar-refractivity contribution is -0.124. The minimum absolute atomic E-state index is 0.0389. The van der Waals surface area contributed by atoms with Crippen LogP contribution in [0.15, 0.2) is 59.5 Å². The molecule has 0 radical (unpaired) electrons. The SMILES string of the molecule is CC(C)NS(=O)(=O)c1cccc(C(=O)OCC(=O)NCCc2ccccc2)c1. The first kappa shape index (κ1) is 21.6. The fraction of sp³-hybridized carbons (Fsp3) is 0.300. The molecule has 0 aromatic heterocycles. The zero-order valence-corrected chi connectivity index (χ0v) is 16.7. The van der Waals surface area contributed by atoms with E-state index in [0.717, 1.165) is 5.56 Å². The molecule has 0 aliphatic heterocycles. The first-order chi connectivity index (χ1) is 13.3. The molecule has 2 aromatic carbocycles. The molecule has 28 heavy (non-hydrogen) atoms. The molecule has 0 spiro atoms. The van der Waals surface area contributed by atoms with E-state index >= 15 is 0 Å². The summed E-state index contributed by atoms with van der Waals surface area (Å²) in [6.07, 6.45) is 0.670. The summed E-state index contributed by atoms with van der Waals surface area (Å²) in [5.41, 5.74) is 1.15. The summed E-state index contributed by atoms with van der Waals surface area (Å²) in [4.78, 5) is 23.9. The molecule has 8 heteroatoms. The Kier molecular flexibility index (Phi) is 7.71. The highest BCUT2D eigenvalue weighted by Gasteiger charge is 2.18. The van der Waals surface area contributed by atoms with Gasteiger partial charge in [0.05, 0.1) is 10.5 Å². The van der Waals surface area contributed by atoms with Gasteiger partial charge in [0.25, 0.3) is 5.91 Å². The van der Waals surface area contributed by atoms with Gasteiger partial charge in [-0.15, -0.1) is 0 Å². The van der Waals surface area contributed by atoms with Crippen molar-refractivity contribution in [2.75, 3.05) is 13.2 Å². The van der Waals surface area contributed by atoms with Crippen molar-refractivity contribution in [3.63, 3.8) is 0 Å². The Morgan fingerprint density at radius 3 is 2.43 bits per heavy atom. The summed E-state index contributed by atoms with van der Waals surface area (Å²) >= 11 is 0. The molecule has 150 valence electrons. The number of sulfonamides is 1. The average molecular weight is 404 g/mol. The lowest BCUT2D eigenvalue weighted by Crippen LogP contribution is -2.31. The summed E-state index contributed by atoms with van der Waals surface area (Å²) in [5, 5.41) is 2.67. The summed E-state index contributed by atoms with van der Waals surface area (Å²) < 4.78 is 31.8. The highest BCUT2D eigenvalue weighted by atomic mass is 32.2. The monoisotopic (exact) mass is 404 g/mol. The maximum Gasteiger partial charge on any atom is 0.338 e. The number of amides is 1. The normalized spacial score (nSPS) is 11.2. The minimum Gasteiger partial charge on any atom is -0.452 e. The summed E-state index contributed by atoms with van der Waals surface area (Å²) in [6.45, 7) is 3.39. The molecule has 7 nitrogen and oxygen atoms in total. The number of rotatable bonds is 9. The van der Waals surface area contributed by atoms with E-state index in [4.69, 9.17) is 4.74 Å². The number of carbonyl (C=O) groups is 2. The van der Waals surface area contributed by atoms with Gasteiger partial charge in [0, 0.05) is 12.6 Å². The smallest absolute Gasteiger partial charge is 0.338 e. The van der Waals surface area contributed by atoms with Crippen LogP contribution >= 0.6 is 0 Å². The molecule has 0 aliphatic rings. The standard InChI is InChI=1S/C20H24N2O5S/c1-15(2)22-28(25,26)18-10-6-9-17(13-18)20(24)27-14-19(23)21-12-11-16-7-4-3-5-8-16/h3-10,13,15,22H,11-12,14H2,1-2H3,(H,21,23). The third-order valence-electron chi connectivity index (χ3n) is 3.68. The second-order valence-electron chi connectivity index (χ2n) is 6.47. The van der Waals surface area contributed by atoms with Crippen molar-refractivity contribution in [2.24, 2.45) is 0 Å². The number of nitrogens with one attached hydrogen (secondary N) is 2. The number of hydrogen-bond acceptors (Lipinski definition) is 5. The molecule has 0 saturated carbocycles.